The van der Waals surface area contributed by atoms with E-state index in [9.17, 15) is 5.11 Å². The van der Waals surface area contributed by atoms with Crippen molar-refractivity contribution in [2.45, 2.75) is 62.1 Å². The third-order valence-corrected chi connectivity index (χ3v) is 7.67. The second kappa shape index (κ2) is 4.47. The Balaban J connectivity index is 1.52. The summed E-state index contributed by atoms with van der Waals surface area (Å²) in [7, 11) is 0. The van der Waals surface area contributed by atoms with E-state index in [0.717, 1.165) is 30.9 Å². The summed E-state index contributed by atoms with van der Waals surface area (Å²) in [4.78, 5) is 2.79. The Hall–Kier alpha value is -1.26. The number of phenolic OH excluding ortho intramolecular Hbond substituents is 1. The summed E-state index contributed by atoms with van der Waals surface area (Å²) in [6.45, 7) is 2.45. The minimum atomic E-state index is 0.0594. The molecule has 2 aliphatic heterocycles. The Morgan fingerprint density at radius 3 is 2.96 bits per heavy atom. The molecule has 24 heavy (non-hydrogen) atoms. The summed E-state index contributed by atoms with van der Waals surface area (Å²) in [5.41, 5.74) is 9.31. The van der Waals surface area contributed by atoms with Crippen molar-refractivity contribution in [3.63, 3.8) is 0 Å². The molecule has 5 aliphatic rings. The number of likely N-dealkylation sites (tertiary alicyclic amines) is 1. The van der Waals surface area contributed by atoms with Gasteiger partial charge in [0.1, 0.15) is 6.10 Å². The fourth-order valence-electron chi connectivity index (χ4n) is 6.53. The summed E-state index contributed by atoms with van der Waals surface area (Å²) in [6, 6.07) is 4.70. The first-order valence-electron chi connectivity index (χ1n) is 9.70. The molecular weight excluding hydrogens is 300 g/mol. The van der Waals surface area contributed by atoms with Gasteiger partial charge in [0.05, 0.1) is 0 Å². The summed E-state index contributed by atoms with van der Waals surface area (Å²) in [6.07, 6.45) is 7.42. The van der Waals surface area contributed by atoms with Gasteiger partial charge in [-0.25, -0.2) is 0 Å². The lowest BCUT2D eigenvalue weighted by atomic mass is 9.51. The standard InChI is InChI=1S/C20H26N2O2/c21-14-5-4-13-15-9-12-3-6-16(23)18-17(12)20(13,19(14)24-18)7-8-22(15)10-11-1-2-11/h3,6,11,13-15,19,23H,1-2,4-5,7-10,21H2/t13?,14-,15?,19?,20?/m1/s1. The van der Waals surface area contributed by atoms with Gasteiger partial charge in [-0.15, -0.1) is 0 Å². The first-order valence-corrected chi connectivity index (χ1v) is 9.70. The van der Waals surface area contributed by atoms with Crippen molar-refractivity contribution in [1.29, 1.82) is 0 Å². The summed E-state index contributed by atoms with van der Waals surface area (Å²) >= 11 is 0. The molecule has 4 heteroatoms. The van der Waals surface area contributed by atoms with E-state index in [0.29, 0.717) is 17.7 Å². The molecule has 1 aromatic carbocycles. The van der Waals surface area contributed by atoms with Crippen molar-refractivity contribution in [1.82, 2.24) is 4.90 Å². The first kappa shape index (κ1) is 14.0. The van der Waals surface area contributed by atoms with Crippen LogP contribution in [0.3, 0.4) is 0 Å². The van der Waals surface area contributed by atoms with E-state index in [-0.39, 0.29) is 17.6 Å². The van der Waals surface area contributed by atoms with Crippen molar-refractivity contribution in [2.75, 3.05) is 13.1 Å². The number of benzene rings is 1. The number of nitrogens with two attached hydrogens (primary N) is 1. The van der Waals surface area contributed by atoms with Gasteiger partial charge in [0.15, 0.2) is 11.5 Å². The third kappa shape index (κ3) is 1.57. The van der Waals surface area contributed by atoms with Crippen LogP contribution in [0.4, 0.5) is 0 Å². The molecule has 0 amide bonds. The highest BCUT2D eigenvalue weighted by Gasteiger charge is 2.65. The van der Waals surface area contributed by atoms with Gasteiger partial charge >= 0.3 is 0 Å². The highest BCUT2D eigenvalue weighted by molar-refractivity contribution is 5.60. The second-order valence-electron chi connectivity index (χ2n) is 8.83. The predicted molar refractivity (Wildman–Crippen MR) is 91.3 cm³/mol. The van der Waals surface area contributed by atoms with E-state index >= 15 is 0 Å². The molecule has 0 radical (unpaired) electrons. The fraction of sp³-hybridized carbons (Fsp3) is 0.700. The smallest absolute Gasteiger partial charge is 0.165 e. The van der Waals surface area contributed by atoms with Crippen LogP contribution in [-0.2, 0) is 11.8 Å². The number of ether oxygens (including phenoxy) is 1. The highest BCUT2D eigenvalue weighted by Crippen LogP contribution is 2.63. The Morgan fingerprint density at radius 2 is 2.12 bits per heavy atom. The maximum atomic E-state index is 10.4. The molecule has 2 heterocycles. The molecule has 2 bridgehead atoms. The summed E-state index contributed by atoms with van der Waals surface area (Å²) < 4.78 is 6.36. The van der Waals surface area contributed by atoms with Gasteiger partial charge in [-0.2, -0.15) is 0 Å². The number of nitrogens with zero attached hydrogens (tertiary/aromatic N) is 1. The van der Waals surface area contributed by atoms with E-state index < -0.39 is 0 Å². The lowest BCUT2D eigenvalue weighted by Crippen LogP contribution is -2.68. The molecule has 3 aliphatic carbocycles. The lowest BCUT2D eigenvalue weighted by Gasteiger charge is -2.59. The predicted octanol–water partition coefficient (Wildman–Crippen LogP) is 2.17. The van der Waals surface area contributed by atoms with E-state index in [4.69, 9.17) is 10.5 Å². The van der Waals surface area contributed by atoms with Crippen LogP contribution in [0.2, 0.25) is 0 Å². The molecule has 128 valence electrons. The van der Waals surface area contributed by atoms with Crippen LogP contribution >= 0.6 is 0 Å². The molecule has 4 unspecified atom stereocenters. The molecule has 1 aromatic rings. The van der Waals surface area contributed by atoms with Crippen molar-refractivity contribution in [2.24, 2.45) is 17.6 Å². The number of hydrogen-bond acceptors (Lipinski definition) is 4. The molecule has 1 spiro atoms. The number of hydrogen-bond donors (Lipinski definition) is 2. The van der Waals surface area contributed by atoms with Crippen LogP contribution in [0, 0.1) is 11.8 Å². The van der Waals surface area contributed by atoms with Gasteiger partial charge in [0.25, 0.3) is 0 Å². The minimum absolute atomic E-state index is 0.0594. The van der Waals surface area contributed by atoms with Crippen molar-refractivity contribution in [3.8, 4) is 11.5 Å². The minimum Gasteiger partial charge on any atom is -0.504 e. The number of piperidine rings is 1. The fourth-order valence-corrected chi connectivity index (χ4v) is 6.53. The lowest BCUT2D eigenvalue weighted by molar-refractivity contribution is -0.0605. The molecule has 6 rings (SSSR count). The number of aromatic hydroxyl groups is 1. The van der Waals surface area contributed by atoms with E-state index in [1.165, 1.54) is 43.5 Å². The highest BCUT2D eigenvalue weighted by atomic mass is 16.5. The monoisotopic (exact) mass is 326 g/mol. The Kier molecular flexibility index (Phi) is 2.60. The van der Waals surface area contributed by atoms with E-state index in [1.807, 2.05) is 6.07 Å². The van der Waals surface area contributed by atoms with Crippen LogP contribution < -0.4 is 10.5 Å². The van der Waals surface area contributed by atoms with Gasteiger partial charge in [-0.1, -0.05) is 6.07 Å². The van der Waals surface area contributed by atoms with Gasteiger partial charge in [0.2, 0.25) is 0 Å². The molecule has 1 saturated heterocycles. The summed E-state index contributed by atoms with van der Waals surface area (Å²) in [5.74, 6) is 2.65. The first-order chi connectivity index (χ1) is 11.7. The largest absolute Gasteiger partial charge is 0.504 e. The number of phenols is 1. The van der Waals surface area contributed by atoms with E-state index in [1.54, 1.807) is 0 Å². The quantitative estimate of drug-likeness (QED) is 0.874. The van der Waals surface area contributed by atoms with E-state index in [2.05, 4.69) is 11.0 Å². The van der Waals surface area contributed by atoms with Crippen molar-refractivity contribution < 1.29 is 9.84 Å². The maximum absolute atomic E-state index is 10.4. The zero-order valence-electron chi connectivity index (χ0n) is 14.1. The Morgan fingerprint density at radius 1 is 1.25 bits per heavy atom. The second-order valence-corrected chi connectivity index (χ2v) is 8.83. The molecule has 3 N–H and O–H groups in total. The van der Waals surface area contributed by atoms with Crippen LogP contribution in [0.5, 0.6) is 11.5 Å². The molecule has 4 nitrogen and oxygen atoms in total. The summed E-state index contributed by atoms with van der Waals surface area (Å²) in [5, 5.41) is 10.4. The Labute approximate surface area is 143 Å². The topological polar surface area (TPSA) is 58.7 Å². The van der Waals surface area contributed by atoms with Gasteiger partial charge in [0, 0.05) is 29.6 Å². The average molecular weight is 326 g/mol. The normalized spacial score (nSPS) is 42.5. The number of rotatable bonds is 2. The molecular formula is C20H26N2O2. The SMILES string of the molecule is N[C@@H]1CCC2C3Cc4ccc(O)c5c4C2(CCN3CC2CC2)C1O5. The van der Waals surface area contributed by atoms with Crippen molar-refractivity contribution >= 4 is 0 Å². The molecule has 5 atom stereocenters. The van der Waals surface area contributed by atoms with Gasteiger partial charge in [-0.05, 0) is 68.5 Å². The van der Waals surface area contributed by atoms with Crippen LogP contribution in [0.1, 0.15) is 43.2 Å². The molecule has 2 saturated carbocycles. The Bertz CT molecular complexity index is 716. The maximum Gasteiger partial charge on any atom is 0.165 e. The van der Waals surface area contributed by atoms with Crippen LogP contribution in [-0.4, -0.2) is 41.3 Å². The molecule has 0 aromatic heterocycles. The van der Waals surface area contributed by atoms with Gasteiger partial charge < -0.3 is 15.6 Å². The zero-order valence-corrected chi connectivity index (χ0v) is 14.1. The van der Waals surface area contributed by atoms with Gasteiger partial charge in [-0.3, -0.25) is 4.90 Å². The molecule has 3 fully saturated rings. The van der Waals surface area contributed by atoms with Crippen molar-refractivity contribution in [3.05, 3.63) is 23.3 Å². The zero-order chi connectivity index (χ0) is 16.1. The van der Waals surface area contributed by atoms with Crippen LogP contribution in [0.25, 0.3) is 0 Å². The third-order valence-electron chi connectivity index (χ3n) is 7.67. The average Bonchev–Trinajstić information content (AvgIpc) is 3.32. The van der Waals surface area contributed by atoms with Crippen LogP contribution in [0.15, 0.2) is 12.1 Å².